The molecule has 2 atom stereocenters. The number of nitrogens with two attached hydrogens (primary N) is 1. The fraction of sp³-hybridized carbons (Fsp3) is 0.182. The summed E-state index contributed by atoms with van der Waals surface area (Å²) in [6.45, 7) is 0. The first kappa shape index (κ1) is 18.0. The molecule has 1 aliphatic rings. The number of thiophene rings is 1. The van der Waals surface area contributed by atoms with Gasteiger partial charge in [0.25, 0.3) is 0 Å². The van der Waals surface area contributed by atoms with Crippen molar-refractivity contribution in [3.05, 3.63) is 82.2 Å². The molecule has 0 bridgehead atoms. The van der Waals surface area contributed by atoms with Gasteiger partial charge in [0.05, 0.1) is 10.6 Å². The van der Waals surface area contributed by atoms with Gasteiger partial charge in [-0.25, -0.2) is 9.97 Å². The summed E-state index contributed by atoms with van der Waals surface area (Å²) in [7, 11) is 0. The summed E-state index contributed by atoms with van der Waals surface area (Å²) in [6.07, 6.45) is 2.95. The zero-order chi connectivity index (χ0) is 19.1. The van der Waals surface area contributed by atoms with Crippen molar-refractivity contribution in [3.63, 3.8) is 0 Å². The average Bonchev–Trinajstić information content (AvgIpc) is 3.13. The molecule has 140 valence electrons. The van der Waals surface area contributed by atoms with Crippen LogP contribution in [0.1, 0.15) is 32.1 Å². The van der Waals surface area contributed by atoms with Gasteiger partial charge in [0.1, 0.15) is 10.6 Å². The summed E-state index contributed by atoms with van der Waals surface area (Å²) in [4.78, 5) is 11.7. The number of hydrogen-bond donors (Lipinski definition) is 1. The van der Waals surface area contributed by atoms with Gasteiger partial charge >= 0.3 is 0 Å². The number of benzene rings is 2. The van der Waals surface area contributed by atoms with Crippen molar-refractivity contribution in [3.8, 4) is 0 Å². The van der Waals surface area contributed by atoms with Crippen LogP contribution in [0.2, 0.25) is 0 Å². The molecule has 0 radical (unpaired) electrons. The van der Waals surface area contributed by atoms with Crippen LogP contribution in [0.5, 0.6) is 0 Å². The van der Waals surface area contributed by atoms with Crippen LogP contribution in [0, 0.1) is 0 Å². The summed E-state index contributed by atoms with van der Waals surface area (Å²) >= 11 is 5.34. The Kier molecular flexibility index (Phi) is 4.78. The minimum Gasteiger partial charge on any atom is -0.383 e. The van der Waals surface area contributed by atoms with E-state index in [2.05, 4.69) is 65.6 Å². The molecule has 0 saturated carbocycles. The van der Waals surface area contributed by atoms with E-state index in [1.165, 1.54) is 33.3 Å². The molecule has 2 N–H and O–H groups in total. The Bertz CT molecular complexity index is 1130. The van der Waals surface area contributed by atoms with Gasteiger partial charge in [0, 0.05) is 10.1 Å². The van der Waals surface area contributed by atoms with Gasteiger partial charge in [-0.1, -0.05) is 72.4 Å². The molecule has 6 heteroatoms. The van der Waals surface area contributed by atoms with E-state index in [1.54, 1.807) is 11.3 Å². The minimum atomic E-state index is 0.284. The molecule has 2 aromatic carbocycles. The Morgan fingerprint density at radius 2 is 1.64 bits per heavy atom. The van der Waals surface area contributed by atoms with Crippen LogP contribution in [0.4, 0.5) is 5.82 Å². The number of nitrogen functional groups attached to an aromatic ring is 1. The number of fused-ring (bicyclic) bond motifs is 3. The van der Waals surface area contributed by atoms with Crippen LogP contribution >= 0.6 is 34.9 Å². The van der Waals surface area contributed by atoms with Gasteiger partial charge in [0.15, 0.2) is 5.16 Å². The van der Waals surface area contributed by atoms with E-state index < -0.39 is 0 Å². The lowest BCUT2D eigenvalue weighted by atomic mass is 9.98. The zero-order valence-electron chi connectivity index (χ0n) is 15.3. The molecule has 0 amide bonds. The standard InChI is InChI=1S/C22H19N3S3/c1-26-22-24-20(23)17-15-12-16(13-8-4-2-5-9-13)27-18(14-10-6-3-7-11-14)19(15)28-21(17)25-22/h2-11,16,18H,12H2,1H3,(H2,23,24,25). The maximum atomic E-state index is 6.40. The summed E-state index contributed by atoms with van der Waals surface area (Å²) in [5.41, 5.74) is 10.4. The maximum Gasteiger partial charge on any atom is 0.190 e. The third-order valence-corrected chi connectivity index (χ3v) is 8.51. The Hall–Kier alpha value is -2.02. The van der Waals surface area contributed by atoms with Crippen LogP contribution in [-0.4, -0.2) is 16.2 Å². The predicted octanol–water partition coefficient (Wildman–Crippen LogP) is 6.12. The van der Waals surface area contributed by atoms with Crippen LogP contribution < -0.4 is 5.73 Å². The minimum absolute atomic E-state index is 0.284. The second-order valence-corrected chi connectivity index (χ2v) is 9.87. The summed E-state index contributed by atoms with van der Waals surface area (Å²) in [5.74, 6) is 0.609. The fourth-order valence-electron chi connectivity index (χ4n) is 3.77. The highest BCUT2D eigenvalue weighted by atomic mass is 32.2. The largest absolute Gasteiger partial charge is 0.383 e. The van der Waals surface area contributed by atoms with Crippen molar-refractivity contribution in [2.24, 2.45) is 0 Å². The van der Waals surface area contributed by atoms with Crippen molar-refractivity contribution < 1.29 is 0 Å². The first-order chi connectivity index (χ1) is 13.7. The lowest BCUT2D eigenvalue weighted by Gasteiger charge is -2.30. The molecule has 0 spiro atoms. The van der Waals surface area contributed by atoms with Gasteiger partial charge in [-0.05, 0) is 29.4 Å². The third kappa shape index (κ3) is 3.09. The number of thioether (sulfide) groups is 2. The maximum absolute atomic E-state index is 6.40. The molecule has 1 aliphatic heterocycles. The number of rotatable bonds is 3. The number of anilines is 1. The molecule has 2 aromatic heterocycles. The van der Waals surface area contributed by atoms with Crippen molar-refractivity contribution in [2.45, 2.75) is 22.1 Å². The summed E-state index contributed by atoms with van der Waals surface area (Å²) < 4.78 is 0. The van der Waals surface area contributed by atoms with E-state index in [9.17, 15) is 0 Å². The van der Waals surface area contributed by atoms with Crippen molar-refractivity contribution in [2.75, 3.05) is 12.0 Å². The van der Waals surface area contributed by atoms with Crippen LogP contribution in [0.3, 0.4) is 0 Å². The second-order valence-electron chi connectivity index (χ2n) is 6.75. The Morgan fingerprint density at radius 3 is 2.32 bits per heavy atom. The molecule has 28 heavy (non-hydrogen) atoms. The normalized spacial score (nSPS) is 18.9. The average molecular weight is 422 g/mol. The van der Waals surface area contributed by atoms with E-state index in [0.29, 0.717) is 11.1 Å². The highest BCUT2D eigenvalue weighted by Crippen LogP contribution is 2.55. The molecular weight excluding hydrogens is 402 g/mol. The van der Waals surface area contributed by atoms with E-state index in [0.717, 1.165) is 21.8 Å². The van der Waals surface area contributed by atoms with Gasteiger partial charge in [-0.15, -0.1) is 23.1 Å². The third-order valence-electron chi connectivity index (χ3n) is 5.07. The van der Waals surface area contributed by atoms with Crippen LogP contribution in [0.15, 0.2) is 65.8 Å². The fourth-order valence-corrected chi connectivity index (χ4v) is 7.22. The van der Waals surface area contributed by atoms with Gasteiger partial charge < -0.3 is 5.73 Å². The summed E-state index contributed by atoms with van der Waals surface area (Å²) in [6, 6.07) is 21.5. The molecule has 5 rings (SSSR count). The highest BCUT2D eigenvalue weighted by Gasteiger charge is 2.34. The number of aromatic nitrogens is 2. The van der Waals surface area contributed by atoms with E-state index in [1.807, 2.05) is 18.0 Å². The molecular formula is C22H19N3S3. The lowest BCUT2D eigenvalue weighted by Crippen LogP contribution is -2.12. The topological polar surface area (TPSA) is 51.8 Å². The first-order valence-corrected chi connectivity index (χ1v) is 12.1. The van der Waals surface area contributed by atoms with E-state index in [-0.39, 0.29) is 5.25 Å². The molecule has 3 nitrogen and oxygen atoms in total. The van der Waals surface area contributed by atoms with Gasteiger partial charge in [0.2, 0.25) is 0 Å². The van der Waals surface area contributed by atoms with Crippen molar-refractivity contribution >= 4 is 50.9 Å². The van der Waals surface area contributed by atoms with Crippen molar-refractivity contribution in [1.82, 2.24) is 9.97 Å². The SMILES string of the molecule is CSc1nc(N)c2c3c(sc2n1)C(c1ccccc1)SC(c1ccccc1)C3. The zero-order valence-corrected chi connectivity index (χ0v) is 17.8. The molecule has 2 unspecified atom stereocenters. The number of nitrogens with zero attached hydrogens (tertiary/aromatic N) is 2. The molecule has 0 aliphatic carbocycles. The summed E-state index contributed by atoms with van der Waals surface area (Å²) in [5, 5.41) is 2.47. The van der Waals surface area contributed by atoms with E-state index >= 15 is 0 Å². The first-order valence-electron chi connectivity index (χ1n) is 9.12. The lowest BCUT2D eigenvalue weighted by molar-refractivity contribution is 0.893. The Balaban J connectivity index is 1.71. The second kappa shape index (κ2) is 7.43. The smallest absolute Gasteiger partial charge is 0.190 e. The molecule has 3 heterocycles. The highest BCUT2D eigenvalue weighted by molar-refractivity contribution is 8.00. The van der Waals surface area contributed by atoms with Gasteiger partial charge in [-0.3, -0.25) is 0 Å². The molecule has 0 saturated heterocycles. The quantitative estimate of drug-likeness (QED) is 0.319. The van der Waals surface area contributed by atoms with Crippen LogP contribution in [0.25, 0.3) is 10.2 Å². The number of hydrogen-bond acceptors (Lipinski definition) is 6. The van der Waals surface area contributed by atoms with E-state index in [4.69, 9.17) is 10.7 Å². The van der Waals surface area contributed by atoms with Gasteiger partial charge in [-0.2, -0.15) is 0 Å². The van der Waals surface area contributed by atoms with Crippen molar-refractivity contribution in [1.29, 1.82) is 0 Å². The Labute approximate surface area is 176 Å². The predicted molar refractivity (Wildman–Crippen MR) is 122 cm³/mol. The van der Waals surface area contributed by atoms with Crippen LogP contribution in [-0.2, 0) is 6.42 Å². The molecule has 4 aromatic rings. The monoisotopic (exact) mass is 421 g/mol. The Morgan fingerprint density at radius 1 is 0.964 bits per heavy atom. The molecule has 0 fully saturated rings.